The van der Waals surface area contributed by atoms with Gasteiger partial charge in [0.25, 0.3) is 5.91 Å². The Labute approximate surface area is 162 Å². The molecule has 2 heterocycles. The van der Waals surface area contributed by atoms with E-state index in [0.717, 1.165) is 30.0 Å². The topological polar surface area (TPSA) is 56.1 Å². The number of para-hydroxylation sites is 1. The number of aromatic nitrogens is 2. The molecule has 138 valence electrons. The number of nitrogens with zero attached hydrogens (tertiary/aromatic N) is 2. The fourth-order valence-electron chi connectivity index (χ4n) is 3.41. The van der Waals surface area contributed by atoms with Crippen LogP contribution in [0.3, 0.4) is 0 Å². The lowest BCUT2D eigenvalue weighted by Gasteiger charge is -2.12. The van der Waals surface area contributed by atoms with Gasteiger partial charge in [-0.05, 0) is 37.1 Å². The highest BCUT2D eigenvalue weighted by Crippen LogP contribution is 2.30. The van der Waals surface area contributed by atoms with Gasteiger partial charge < -0.3 is 14.6 Å². The molecule has 0 atom stereocenters. The number of imidazole rings is 1. The number of ether oxygens (including phenoxy) is 1. The van der Waals surface area contributed by atoms with Gasteiger partial charge in [-0.3, -0.25) is 4.79 Å². The number of nitrogens with one attached hydrogen (secondary N) is 1. The lowest BCUT2D eigenvalue weighted by molar-refractivity contribution is 0.102. The van der Waals surface area contributed by atoms with Crippen LogP contribution in [0.15, 0.2) is 48.7 Å². The Hall–Kier alpha value is -2.79. The van der Waals surface area contributed by atoms with Crippen LogP contribution in [-0.2, 0) is 13.0 Å². The van der Waals surface area contributed by atoms with E-state index in [1.807, 2.05) is 24.3 Å². The summed E-state index contributed by atoms with van der Waals surface area (Å²) in [4.78, 5) is 17.6. The third kappa shape index (κ3) is 3.55. The zero-order chi connectivity index (χ0) is 18.8. The first kappa shape index (κ1) is 17.6. The molecule has 0 spiro atoms. The summed E-state index contributed by atoms with van der Waals surface area (Å²) in [5.74, 6) is 1.31. The summed E-state index contributed by atoms with van der Waals surface area (Å²) in [6, 6.07) is 12.7. The van der Waals surface area contributed by atoms with E-state index in [4.69, 9.17) is 21.3 Å². The van der Waals surface area contributed by atoms with Crippen LogP contribution < -0.4 is 10.1 Å². The fraction of sp³-hybridized carbons (Fsp3) is 0.238. The van der Waals surface area contributed by atoms with Gasteiger partial charge in [-0.25, -0.2) is 4.98 Å². The number of anilines is 1. The molecule has 1 N–H and O–H groups in total. The molecule has 1 amide bonds. The molecule has 6 heteroatoms. The second-order valence-electron chi connectivity index (χ2n) is 6.54. The molecule has 1 aliphatic rings. The Morgan fingerprint density at radius 2 is 2.07 bits per heavy atom. The lowest BCUT2D eigenvalue weighted by Crippen LogP contribution is -2.14. The number of carbonyl (C=O) groups excluding carboxylic acids is 1. The molecule has 0 aliphatic carbocycles. The van der Waals surface area contributed by atoms with Gasteiger partial charge in [-0.1, -0.05) is 29.8 Å². The van der Waals surface area contributed by atoms with E-state index in [9.17, 15) is 4.79 Å². The summed E-state index contributed by atoms with van der Waals surface area (Å²) < 4.78 is 7.50. The molecule has 2 aromatic carbocycles. The van der Waals surface area contributed by atoms with Gasteiger partial charge in [0, 0.05) is 29.7 Å². The van der Waals surface area contributed by atoms with Crippen LogP contribution in [0.1, 0.15) is 29.0 Å². The standard InChI is InChI=1S/C21H20ClN3O2/c1-27-19-10-9-14(22)12-16(19)21(26)24-17-7-3-2-6-15(17)18-13-25-11-5-4-8-20(25)23-18/h2-3,6-7,9-10,12-13H,4-5,8,11H2,1H3,(H,24,26). The van der Waals surface area contributed by atoms with Crippen LogP contribution in [-0.4, -0.2) is 22.6 Å². The van der Waals surface area contributed by atoms with Gasteiger partial charge in [0.15, 0.2) is 0 Å². The first-order valence-corrected chi connectivity index (χ1v) is 9.34. The molecule has 0 radical (unpaired) electrons. The SMILES string of the molecule is COc1ccc(Cl)cc1C(=O)Nc1ccccc1-c1cn2c(n1)CCCC2. The molecule has 4 rings (SSSR count). The Morgan fingerprint density at radius 1 is 1.22 bits per heavy atom. The van der Waals surface area contributed by atoms with Crippen molar-refractivity contribution in [2.75, 3.05) is 12.4 Å². The first-order valence-electron chi connectivity index (χ1n) is 8.96. The highest BCUT2D eigenvalue weighted by molar-refractivity contribution is 6.31. The van der Waals surface area contributed by atoms with Crippen molar-refractivity contribution >= 4 is 23.2 Å². The summed E-state index contributed by atoms with van der Waals surface area (Å²) in [7, 11) is 1.53. The van der Waals surface area contributed by atoms with Gasteiger partial charge in [-0.2, -0.15) is 0 Å². The maximum absolute atomic E-state index is 12.8. The Kier molecular flexibility index (Phi) is 4.86. The van der Waals surface area contributed by atoms with Gasteiger partial charge in [0.05, 0.1) is 24.1 Å². The summed E-state index contributed by atoms with van der Waals surface area (Å²) >= 11 is 6.06. The Bertz CT molecular complexity index is 973. The molecule has 3 aromatic rings. The molecule has 0 fully saturated rings. The van der Waals surface area contributed by atoms with Gasteiger partial charge >= 0.3 is 0 Å². The lowest BCUT2D eigenvalue weighted by atomic mass is 10.1. The van der Waals surface area contributed by atoms with Crippen molar-refractivity contribution < 1.29 is 9.53 Å². The molecule has 1 aromatic heterocycles. The normalized spacial score (nSPS) is 13.1. The van der Waals surface area contributed by atoms with Gasteiger partial charge in [0.1, 0.15) is 11.6 Å². The van der Waals surface area contributed by atoms with Gasteiger partial charge in [0.2, 0.25) is 0 Å². The molecule has 5 nitrogen and oxygen atoms in total. The quantitative estimate of drug-likeness (QED) is 0.706. The number of aryl methyl sites for hydroxylation is 2. The van der Waals surface area contributed by atoms with Crippen molar-refractivity contribution in [3.63, 3.8) is 0 Å². The second-order valence-corrected chi connectivity index (χ2v) is 6.97. The van der Waals surface area contributed by atoms with E-state index in [1.54, 1.807) is 18.2 Å². The van der Waals surface area contributed by atoms with Crippen LogP contribution >= 0.6 is 11.6 Å². The van der Waals surface area contributed by atoms with Crippen molar-refractivity contribution in [3.8, 4) is 17.0 Å². The highest BCUT2D eigenvalue weighted by atomic mass is 35.5. The third-order valence-electron chi connectivity index (χ3n) is 4.77. The average Bonchev–Trinajstić information content (AvgIpc) is 3.12. The molecule has 0 saturated carbocycles. The van der Waals surface area contributed by atoms with Crippen LogP contribution in [0.2, 0.25) is 5.02 Å². The van der Waals surface area contributed by atoms with E-state index in [2.05, 4.69) is 16.1 Å². The fourth-order valence-corrected chi connectivity index (χ4v) is 3.58. The monoisotopic (exact) mass is 381 g/mol. The minimum absolute atomic E-state index is 0.272. The van der Waals surface area contributed by atoms with Crippen molar-refractivity contribution in [2.45, 2.75) is 25.8 Å². The Balaban J connectivity index is 1.67. The summed E-state index contributed by atoms with van der Waals surface area (Å²) in [5, 5.41) is 3.46. The number of hydrogen-bond acceptors (Lipinski definition) is 3. The number of amides is 1. The van der Waals surface area contributed by atoms with Crippen molar-refractivity contribution in [1.29, 1.82) is 0 Å². The van der Waals surface area contributed by atoms with Crippen molar-refractivity contribution in [2.24, 2.45) is 0 Å². The van der Waals surface area contributed by atoms with Crippen LogP contribution in [0, 0.1) is 0 Å². The number of halogens is 1. The average molecular weight is 382 g/mol. The highest BCUT2D eigenvalue weighted by Gasteiger charge is 2.18. The van der Waals surface area contributed by atoms with E-state index >= 15 is 0 Å². The molecule has 0 unspecified atom stereocenters. The maximum atomic E-state index is 12.8. The largest absolute Gasteiger partial charge is 0.496 e. The molecule has 0 saturated heterocycles. The number of carbonyl (C=O) groups is 1. The van der Waals surface area contributed by atoms with E-state index in [-0.39, 0.29) is 5.91 Å². The predicted molar refractivity (Wildman–Crippen MR) is 107 cm³/mol. The van der Waals surface area contributed by atoms with E-state index in [0.29, 0.717) is 22.0 Å². The minimum Gasteiger partial charge on any atom is -0.496 e. The number of methoxy groups -OCH3 is 1. The predicted octanol–water partition coefficient (Wildman–Crippen LogP) is 4.80. The smallest absolute Gasteiger partial charge is 0.259 e. The zero-order valence-corrected chi connectivity index (χ0v) is 15.8. The summed E-state index contributed by atoms with van der Waals surface area (Å²) in [6.45, 7) is 0.997. The van der Waals surface area contributed by atoms with Crippen LogP contribution in [0.25, 0.3) is 11.3 Å². The minimum atomic E-state index is -0.272. The summed E-state index contributed by atoms with van der Waals surface area (Å²) in [6.07, 6.45) is 5.41. The molecule has 1 aliphatic heterocycles. The van der Waals surface area contributed by atoms with E-state index < -0.39 is 0 Å². The molecule has 27 heavy (non-hydrogen) atoms. The van der Waals surface area contributed by atoms with Crippen molar-refractivity contribution in [1.82, 2.24) is 9.55 Å². The van der Waals surface area contributed by atoms with E-state index in [1.165, 1.54) is 20.0 Å². The molecular formula is C21H20ClN3O2. The van der Waals surface area contributed by atoms with Crippen LogP contribution in [0.5, 0.6) is 5.75 Å². The maximum Gasteiger partial charge on any atom is 0.259 e. The third-order valence-corrected chi connectivity index (χ3v) is 5.00. The van der Waals surface area contributed by atoms with Gasteiger partial charge in [-0.15, -0.1) is 0 Å². The number of benzene rings is 2. The number of hydrogen-bond donors (Lipinski definition) is 1. The molecular weight excluding hydrogens is 362 g/mol. The Morgan fingerprint density at radius 3 is 2.89 bits per heavy atom. The van der Waals surface area contributed by atoms with Crippen molar-refractivity contribution in [3.05, 3.63) is 65.1 Å². The summed E-state index contributed by atoms with van der Waals surface area (Å²) in [5.41, 5.74) is 2.87. The number of rotatable bonds is 4. The second kappa shape index (κ2) is 7.45. The zero-order valence-electron chi connectivity index (χ0n) is 15.0. The van der Waals surface area contributed by atoms with Crippen LogP contribution in [0.4, 0.5) is 5.69 Å². The number of fused-ring (bicyclic) bond motifs is 1. The first-order chi connectivity index (χ1) is 13.2. The molecule has 0 bridgehead atoms.